The number of hydrogen-bond acceptors (Lipinski definition) is 0. The van der Waals surface area contributed by atoms with Crippen LogP contribution in [0.4, 0.5) is 0 Å². The van der Waals surface area contributed by atoms with Gasteiger partial charge in [0.2, 0.25) is 8.07 Å². The first kappa shape index (κ1) is 19.1. The van der Waals surface area contributed by atoms with Crippen molar-refractivity contribution >= 4 is 25.7 Å². The summed E-state index contributed by atoms with van der Waals surface area (Å²) in [4.78, 5) is 0. The number of allylic oxidation sites excluding steroid dienone is 6. The molecule has 0 N–H and O–H groups in total. The van der Waals surface area contributed by atoms with Gasteiger partial charge in [0.15, 0.2) is 17.6 Å². The normalized spacial score (nSPS) is 14.1. The Morgan fingerprint density at radius 3 is 1.68 bits per heavy atom. The molecule has 0 aromatic carbocycles. The van der Waals surface area contributed by atoms with Crippen molar-refractivity contribution in [2.45, 2.75) is 25.2 Å². The largest absolute Gasteiger partial charge is 0.209 e. The maximum atomic E-state index is 3.97. The van der Waals surface area contributed by atoms with Gasteiger partial charge in [-0.05, 0) is 48.5 Å². The number of hydrogen-bond donors (Lipinski definition) is 0. The summed E-state index contributed by atoms with van der Waals surface area (Å²) in [5.41, 5.74) is 27.0. The minimum absolute atomic E-state index is 0.902. The molecule has 2 aliphatic carbocycles. The van der Waals surface area contributed by atoms with Gasteiger partial charge < -0.3 is 0 Å². The zero-order chi connectivity index (χ0) is 18.1. The Hall–Kier alpha value is -2.23. The van der Waals surface area contributed by atoms with E-state index in [1.807, 2.05) is 35.7 Å². The fraction of sp³-hybridized carbons (Fsp3) is 0.182. The molecule has 0 nitrogen and oxygen atoms in total. The third-order valence-electron chi connectivity index (χ3n) is 3.65. The predicted octanol–water partition coefficient (Wildman–Crippen LogP) is 4.60. The molecule has 2 aliphatic rings. The highest BCUT2D eigenvalue weighted by Crippen LogP contribution is 2.12. The van der Waals surface area contributed by atoms with Crippen LogP contribution in [0.2, 0.25) is 25.2 Å². The van der Waals surface area contributed by atoms with Gasteiger partial charge in [-0.1, -0.05) is 35.7 Å². The van der Waals surface area contributed by atoms with E-state index in [2.05, 4.69) is 72.0 Å². The van der Waals surface area contributed by atoms with Crippen molar-refractivity contribution in [3.8, 4) is 22.2 Å². The highest BCUT2D eigenvalue weighted by Gasteiger charge is 2.16. The van der Waals surface area contributed by atoms with Gasteiger partial charge in [-0.3, -0.25) is 0 Å². The van der Waals surface area contributed by atoms with Gasteiger partial charge in [0.1, 0.15) is 0 Å². The summed E-state index contributed by atoms with van der Waals surface area (Å²) in [6, 6.07) is 1.95. The molecule has 0 amide bonds. The van der Waals surface area contributed by atoms with Crippen LogP contribution in [-0.2, 0) is 0 Å². The molecule has 0 bridgehead atoms. The van der Waals surface area contributed by atoms with Crippen LogP contribution in [0.25, 0.3) is 0 Å². The van der Waals surface area contributed by atoms with E-state index in [0.29, 0.717) is 0 Å². The second-order valence-electron chi connectivity index (χ2n) is 6.33. The van der Waals surface area contributed by atoms with Gasteiger partial charge in [0.05, 0.1) is 0 Å². The molecule has 0 spiro atoms. The van der Waals surface area contributed by atoms with E-state index in [9.17, 15) is 0 Å². The molecule has 0 fully saturated rings. The second-order valence-corrected chi connectivity index (χ2v) is 14.2. The van der Waals surface area contributed by atoms with Crippen molar-refractivity contribution in [3.63, 3.8) is 0 Å². The summed E-state index contributed by atoms with van der Waals surface area (Å²) < 4.78 is 0. The molecular formula is C22H22Si3. The molecular weight excluding hydrogens is 349 g/mol. The van der Waals surface area contributed by atoms with Crippen molar-refractivity contribution < 1.29 is 0 Å². The Morgan fingerprint density at radius 2 is 1.36 bits per heavy atom. The van der Waals surface area contributed by atoms with Crippen LogP contribution >= 0.6 is 0 Å². The number of rotatable bonds is 6. The molecule has 3 heteroatoms. The van der Waals surface area contributed by atoms with Crippen molar-refractivity contribution in [1.29, 1.82) is 0 Å². The van der Waals surface area contributed by atoms with Crippen LogP contribution in [0.5, 0.6) is 0 Å². The molecule has 0 saturated carbocycles. The molecule has 0 aliphatic heterocycles. The highest BCUT2D eigenvalue weighted by molar-refractivity contribution is 6.94. The summed E-state index contributed by atoms with van der Waals surface area (Å²) in [5.74, 6) is 0. The van der Waals surface area contributed by atoms with E-state index >= 15 is 0 Å². The molecule has 0 aromatic heterocycles. The summed E-state index contributed by atoms with van der Waals surface area (Å²) in [6.07, 6.45) is 12.2. The third kappa shape index (κ3) is 6.65. The lowest BCUT2D eigenvalue weighted by Crippen LogP contribution is -2.23. The Kier molecular flexibility index (Phi) is 7.11. The summed E-state index contributed by atoms with van der Waals surface area (Å²) in [7, 11) is -3.65. The lowest BCUT2D eigenvalue weighted by Gasteiger charge is -2.07. The smallest absolute Gasteiger partial charge is 0.133 e. The van der Waals surface area contributed by atoms with Crippen molar-refractivity contribution in [3.05, 3.63) is 83.6 Å². The fourth-order valence-corrected chi connectivity index (χ4v) is 7.98. The lowest BCUT2D eigenvalue weighted by molar-refractivity contribution is 1.52. The van der Waals surface area contributed by atoms with Crippen molar-refractivity contribution in [2.24, 2.45) is 0 Å². The standard InChI is InChI=1S/C22H22Si3/c1-5-23(19-21-11-7-8-12-21)15-17-25(3,4)18-16-24(6-2)20-22-13-9-10-14-22/h5-11,13H,1-2,19-20H2,3-4H3. The summed E-state index contributed by atoms with van der Waals surface area (Å²) >= 11 is 0. The second kappa shape index (κ2) is 9.31. The average Bonchev–Trinajstić information content (AvgIpc) is 3.29. The molecule has 2 rings (SSSR count). The van der Waals surface area contributed by atoms with Crippen LogP contribution in [-0.4, -0.2) is 25.7 Å². The Bertz CT molecular complexity index is 788. The monoisotopic (exact) mass is 370 g/mol. The molecule has 122 valence electrons. The van der Waals surface area contributed by atoms with Gasteiger partial charge in [-0.25, -0.2) is 0 Å². The van der Waals surface area contributed by atoms with Crippen LogP contribution in [0.15, 0.2) is 83.6 Å². The van der Waals surface area contributed by atoms with Crippen LogP contribution in [0.1, 0.15) is 0 Å². The van der Waals surface area contributed by atoms with Gasteiger partial charge >= 0.3 is 0 Å². The van der Waals surface area contributed by atoms with Crippen molar-refractivity contribution in [1.82, 2.24) is 0 Å². The van der Waals surface area contributed by atoms with E-state index in [0.717, 1.165) is 12.1 Å². The molecule has 25 heavy (non-hydrogen) atoms. The molecule has 0 unspecified atom stereocenters. The SMILES string of the molecule is C=C[Si](C#C[Si](C)(C)C#C[Si](C=C)CC1=C=CC=C1)CC1=C=CC=C1. The van der Waals surface area contributed by atoms with Gasteiger partial charge in [-0.2, -0.15) is 0 Å². The first-order valence-corrected chi connectivity index (χ1v) is 14.9. The summed E-state index contributed by atoms with van der Waals surface area (Å²) in [5, 5.41) is 0. The van der Waals surface area contributed by atoms with E-state index in [4.69, 9.17) is 0 Å². The molecule has 0 heterocycles. The van der Waals surface area contributed by atoms with Crippen LogP contribution < -0.4 is 0 Å². The molecule has 0 saturated heterocycles. The molecule has 0 aromatic rings. The fourth-order valence-electron chi connectivity index (χ4n) is 2.20. The van der Waals surface area contributed by atoms with Crippen molar-refractivity contribution in [2.75, 3.05) is 0 Å². The Labute approximate surface area is 156 Å². The van der Waals surface area contributed by atoms with Crippen LogP contribution in [0.3, 0.4) is 0 Å². The maximum absolute atomic E-state index is 3.97. The molecule has 0 atom stereocenters. The van der Waals surface area contributed by atoms with Gasteiger partial charge in [0.25, 0.3) is 0 Å². The molecule has 2 radical (unpaired) electrons. The first-order chi connectivity index (χ1) is 12.0. The van der Waals surface area contributed by atoms with Crippen LogP contribution in [0, 0.1) is 22.2 Å². The minimum atomic E-state index is -1.85. The topological polar surface area (TPSA) is 0 Å². The first-order valence-electron chi connectivity index (χ1n) is 8.30. The predicted molar refractivity (Wildman–Crippen MR) is 116 cm³/mol. The minimum Gasteiger partial charge on any atom is -0.133 e. The van der Waals surface area contributed by atoms with E-state index in [-0.39, 0.29) is 0 Å². The maximum Gasteiger partial charge on any atom is 0.209 e. The zero-order valence-electron chi connectivity index (χ0n) is 14.9. The van der Waals surface area contributed by atoms with E-state index in [1.54, 1.807) is 0 Å². The van der Waals surface area contributed by atoms with Gasteiger partial charge in [-0.15, -0.1) is 46.8 Å². The Balaban J connectivity index is 2.03. The average molecular weight is 371 g/mol. The Morgan fingerprint density at radius 1 is 0.920 bits per heavy atom. The van der Waals surface area contributed by atoms with Gasteiger partial charge in [0, 0.05) is 0 Å². The lowest BCUT2D eigenvalue weighted by atomic mass is 10.4. The quantitative estimate of drug-likeness (QED) is 0.364. The summed E-state index contributed by atoms with van der Waals surface area (Å²) in [6.45, 7) is 12.4. The third-order valence-corrected chi connectivity index (χ3v) is 9.05. The zero-order valence-corrected chi connectivity index (χ0v) is 17.9. The van der Waals surface area contributed by atoms with E-state index in [1.165, 1.54) is 11.1 Å². The van der Waals surface area contributed by atoms with E-state index < -0.39 is 25.7 Å². The highest BCUT2D eigenvalue weighted by atomic mass is 28.3.